The third-order valence-corrected chi connectivity index (χ3v) is 4.85. The lowest BCUT2D eigenvalue weighted by Crippen LogP contribution is -2.43. The zero-order chi connectivity index (χ0) is 20.3. The first-order chi connectivity index (χ1) is 13.3. The molecular formula is C19H26FN7O. The summed E-state index contributed by atoms with van der Waals surface area (Å²) < 4.78 is 14.5. The van der Waals surface area contributed by atoms with Crippen LogP contribution in [0.4, 0.5) is 27.5 Å². The number of rotatable bonds is 6. The standard InChI is InChI=1S/C19H26FN7O/c1-27(2)16-8-7-11(10-23-16)24-18-12(17(22)28)9-13(20)19(26-18)25-15-6-4-3-5-14(15)21/h7-10,14-15H,3-6,21H2,1-2H3,(H2,22,28)(H2,24,25,26)/t14?,15-/m1/s1. The van der Waals surface area contributed by atoms with Crippen LogP contribution in [0.25, 0.3) is 0 Å². The molecule has 0 aliphatic heterocycles. The third-order valence-electron chi connectivity index (χ3n) is 4.85. The molecule has 28 heavy (non-hydrogen) atoms. The fourth-order valence-corrected chi connectivity index (χ4v) is 3.25. The highest BCUT2D eigenvalue weighted by Gasteiger charge is 2.24. The van der Waals surface area contributed by atoms with Gasteiger partial charge in [-0.1, -0.05) is 12.8 Å². The van der Waals surface area contributed by atoms with E-state index in [1.807, 2.05) is 25.1 Å². The molecule has 2 heterocycles. The molecule has 0 saturated heterocycles. The Bertz CT molecular complexity index is 841. The minimum Gasteiger partial charge on any atom is -0.365 e. The van der Waals surface area contributed by atoms with E-state index in [-0.39, 0.29) is 29.3 Å². The number of aromatic nitrogens is 2. The first-order valence-electron chi connectivity index (χ1n) is 9.28. The van der Waals surface area contributed by atoms with Crippen molar-refractivity contribution in [2.45, 2.75) is 37.8 Å². The van der Waals surface area contributed by atoms with Crippen molar-refractivity contribution < 1.29 is 9.18 Å². The molecule has 1 aliphatic carbocycles. The van der Waals surface area contributed by atoms with Crippen LogP contribution in [0.2, 0.25) is 0 Å². The van der Waals surface area contributed by atoms with Gasteiger partial charge in [-0.3, -0.25) is 4.79 Å². The molecule has 1 amide bonds. The summed E-state index contributed by atoms with van der Waals surface area (Å²) in [5.74, 6) is -0.417. The third kappa shape index (κ3) is 4.48. The van der Waals surface area contributed by atoms with Gasteiger partial charge in [-0.05, 0) is 31.0 Å². The highest BCUT2D eigenvalue weighted by atomic mass is 19.1. The zero-order valence-electron chi connectivity index (χ0n) is 16.1. The maximum Gasteiger partial charge on any atom is 0.252 e. The fraction of sp³-hybridized carbons (Fsp3) is 0.421. The first-order valence-corrected chi connectivity index (χ1v) is 9.28. The Kier molecular flexibility index (Phi) is 5.93. The van der Waals surface area contributed by atoms with Gasteiger partial charge in [0.15, 0.2) is 11.6 Å². The van der Waals surface area contributed by atoms with Crippen molar-refractivity contribution >= 4 is 29.0 Å². The number of hydrogen-bond donors (Lipinski definition) is 4. The molecule has 9 heteroatoms. The number of halogens is 1. The topological polar surface area (TPSA) is 122 Å². The minimum atomic E-state index is -0.771. The van der Waals surface area contributed by atoms with Crippen molar-refractivity contribution in [3.8, 4) is 0 Å². The van der Waals surface area contributed by atoms with E-state index in [0.717, 1.165) is 37.6 Å². The van der Waals surface area contributed by atoms with Crippen molar-refractivity contribution in [2.24, 2.45) is 11.5 Å². The molecule has 2 atom stereocenters. The van der Waals surface area contributed by atoms with Gasteiger partial charge in [0.05, 0.1) is 17.4 Å². The van der Waals surface area contributed by atoms with Crippen molar-refractivity contribution in [1.29, 1.82) is 0 Å². The van der Waals surface area contributed by atoms with E-state index in [1.54, 1.807) is 12.3 Å². The Hall–Kier alpha value is -2.94. The summed E-state index contributed by atoms with van der Waals surface area (Å²) in [6.07, 6.45) is 5.43. The normalized spacial score (nSPS) is 19.1. The van der Waals surface area contributed by atoms with Gasteiger partial charge in [0.2, 0.25) is 0 Å². The molecule has 0 bridgehead atoms. The number of pyridine rings is 2. The average molecular weight is 387 g/mol. The Morgan fingerprint density at radius 2 is 2.00 bits per heavy atom. The van der Waals surface area contributed by atoms with Gasteiger partial charge >= 0.3 is 0 Å². The number of nitrogens with zero attached hydrogens (tertiary/aromatic N) is 3. The number of carbonyl (C=O) groups is 1. The van der Waals surface area contributed by atoms with Gasteiger partial charge in [-0.2, -0.15) is 0 Å². The van der Waals surface area contributed by atoms with Crippen LogP contribution in [0, 0.1) is 5.82 Å². The lowest BCUT2D eigenvalue weighted by molar-refractivity contribution is 0.100. The minimum absolute atomic E-state index is 0.0346. The molecule has 0 aromatic carbocycles. The van der Waals surface area contributed by atoms with Crippen LogP contribution in [0.3, 0.4) is 0 Å². The number of nitrogens with one attached hydrogen (secondary N) is 2. The van der Waals surface area contributed by atoms with E-state index in [0.29, 0.717) is 5.69 Å². The largest absolute Gasteiger partial charge is 0.365 e. The molecule has 3 rings (SSSR count). The zero-order valence-corrected chi connectivity index (χ0v) is 16.1. The van der Waals surface area contributed by atoms with Crippen molar-refractivity contribution in [2.75, 3.05) is 29.6 Å². The number of anilines is 4. The summed E-state index contributed by atoms with van der Waals surface area (Å²) in [5.41, 5.74) is 12.1. The molecule has 8 nitrogen and oxygen atoms in total. The highest BCUT2D eigenvalue weighted by molar-refractivity contribution is 5.98. The van der Waals surface area contributed by atoms with Gasteiger partial charge in [-0.15, -0.1) is 0 Å². The molecular weight excluding hydrogens is 361 g/mol. The van der Waals surface area contributed by atoms with Crippen LogP contribution in [-0.2, 0) is 0 Å². The first kappa shape index (κ1) is 19.8. The smallest absolute Gasteiger partial charge is 0.252 e. The summed E-state index contributed by atoms with van der Waals surface area (Å²) in [7, 11) is 3.77. The predicted molar refractivity (Wildman–Crippen MR) is 108 cm³/mol. The van der Waals surface area contributed by atoms with E-state index in [1.165, 1.54) is 0 Å². The Balaban J connectivity index is 1.88. The van der Waals surface area contributed by atoms with Crippen LogP contribution in [-0.4, -0.2) is 42.1 Å². The SMILES string of the molecule is CN(C)c1ccc(Nc2nc(N[C@@H]3CCCCC3N)c(F)cc2C(N)=O)cn1. The maximum absolute atomic E-state index is 14.5. The van der Waals surface area contributed by atoms with E-state index in [4.69, 9.17) is 11.5 Å². The molecule has 6 N–H and O–H groups in total. The molecule has 150 valence electrons. The molecule has 1 saturated carbocycles. The van der Waals surface area contributed by atoms with E-state index in [2.05, 4.69) is 20.6 Å². The molecule has 1 unspecified atom stereocenters. The second-order valence-corrected chi connectivity index (χ2v) is 7.20. The average Bonchev–Trinajstić information content (AvgIpc) is 2.66. The second kappa shape index (κ2) is 8.39. The molecule has 2 aromatic heterocycles. The highest BCUT2D eigenvalue weighted by Crippen LogP contribution is 2.27. The van der Waals surface area contributed by atoms with Gasteiger partial charge in [0, 0.05) is 26.2 Å². The summed E-state index contributed by atoms with van der Waals surface area (Å²) in [5, 5.41) is 6.09. The number of nitrogens with two attached hydrogens (primary N) is 2. The number of primary amides is 1. The van der Waals surface area contributed by atoms with E-state index in [9.17, 15) is 9.18 Å². The summed E-state index contributed by atoms with van der Waals surface area (Å²) in [4.78, 5) is 22.2. The monoisotopic (exact) mass is 387 g/mol. The summed E-state index contributed by atoms with van der Waals surface area (Å²) in [6.45, 7) is 0. The molecule has 0 spiro atoms. The van der Waals surface area contributed by atoms with Gasteiger partial charge in [-0.25, -0.2) is 14.4 Å². The van der Waals surface area contributed by atoms with E-state index < -0.39 is 11.7 Å². The predicted octanol–water partition coefficient (Wildman–Crippen LogP) is 2.21. The lowest BCUT2D eigenvalue weighted by Gasteiger charge is -2.30. The molecule has 1 aliphatic rings. The van der Waals surface area contributed by atoms with Crippen LogP contribution in [0.5, 0.6) is 0 Å². The van der Waals surface area contributed by atoms with Gasteiger partial charge in [0.25, 0.3) is 5.91 Å². The van der Waals surface area contributed by atoms with Crippen LogP contribution in [0.15, 0.2) is 24.4 Å². The Labute approximate surface area is 163 Å². The van der Waals surface area contributed by atoms with Crippen LogP contribution in [0.1, 0.15) is 36.0 Å². The second-order valence-electron chi connectivity index (χ2n) is 7.20. The Morgan fingerprint density at radius 1 is 1.25 bits per heavy atom. The number of amides is 1. The van der Waals surface area contributed by atoms with Crippen LogP contribution >= 0.6 is 0 Å². The van der Waals surface area contributed by atoms with E-state index >= 15 is 0 Å². The lowest BCUT2D eigenvalue weighted by atomic mass is 9.91. The van der Waals surface area contributed by atoms with Gasteiger partial charge in [0.1, 0.15) is 11.6 Å². The quantitative estimate of drug-likeness (QED) is 0.599. The molecule has 2 aromatic rings. The molecule has 1 fully saturated rings. The summed E-state index contributed by atoms with van der Waals surface area (Å²) in [6, 6.07) is 4.57. The maximum atomic E-state index is 14.5. The fourth-order valence-electron chi connectivity index (χ4n) is 3.25. The molecule has 0 radical (unpaired) electrons. The number of carbonyl (C=O) groups excluding carboxylic acids is 1. The summed E-state index contributed by atoms with van der Waals surface area (Å²) >= 11 is 0. The van der Waals surface area contributed by atoms with Crippen molar-refractivity contribution in [1.82, 2.24) is 9.97 Å². The number of hydrogen-bond acceptors (Lipinski definition) is 7. The van der Waals surface area contributed by atoms with Crippen LogP contribution < -0.4 is 27.0 Å². The van der Waals surface area contributed by atoms with Crippen molar-refractivity contribution in [3.63, 3.8) is 0 Å². The van der Waals surface area contributed by atoms with Crippen molar-refractivity contribution in [3.05, 3.63) is 35.8 Å². The van der Waals surface area contributed by atoms with Gasteiger partial charge < -0.3 is 27.0 Å². The Morgan fingerprint density at radius 3 is 2.61 bits per heavy atom.